The molecule has 0 atom stereocenters. The van der Waals surface area contributed by atoms with Crippen LogP contribution in [0.2, 0.25) is 0 Å². The van der Waals surface area contributed by atoms with Crippen LogP contribution in [-0.2, 0) is 10.2 Å². The fourth-order valence-electron chi connectivity index (χ4n) is 1.57. The molecule has 0 spiro atoms. The van der Waals surface area contributed by atoms with E-state index in [1.165, 1.54) is 0 Å². The molecule has 1 aromatic rings. The zero-order chi connectivity index (χ0) is 13.8. The van der Waals surface area contributed by atoms with Crippen LogP contribution in [0.5, 0.6) is 0 Å². The Labute approximate surface area is 109 Å². The predicted octanol–water partition coefficient (Wildman–Crippen LogP) is 2.69. The summed E-state index contributed by atoms with van der Waals surface area (Å²) in [5.41, 5.74) is 1.64. The van der Waals surface area contributed by atoms with E-state index in [0.717, 1.165) is 12.0 Å². The van der Waals surface area contributed by atoms with Crippen LogP contribution in [0, 0.1) is 0 Å². The van der Waals surface area contributed by atoms with E-state index in [4.69, 9.17) is 0 Å². The lowest BCUT2D eigenvalue weighted by atomic mass is 9.86. The van der Waals surface area contributed by atoms with Crippen molar-refractivity contribution >= 4 is 11.7 Å². The first-order chi connectivity index (χ1) is 8.36. The summed E-state index contributed by atoms with van der Waals surface area (Å²) < 4.78 is 0. The molecule has 3 nitrogen and oxygen atoms in total. The average Bonchev–Trinajstić information content (AvgIpc) is 2.34. The van der Waals surface area contributed by atoms with Crippen molar-refractivity contribution in [2.75, 3.05) is 6.54 Å². The number of benzene rings is 1. The van der Waals surface area contributed by atoms with Crippen LogP contribution in [0.3, 0.4) is 0 Å². The highest BCUT2D eigenvalue weighted by Gasteiger charge is 2.17. The summed E-state index contributed by atoms with van der Waals surface area (Å²) in [6.45, 7) is 8.81. The largest absolute Gasteiger partial charge is 0.349 e. The van der Waals surface area contributed by atoms with Crippen LogP contribution in [0.4, 0.5) is 0 Å². The molecule has 1 aromatic carbocycles. The van der Waals surface area contributed by atoms with Crippen molar-refractivity contribution in [3.05, 3.63) is 35.4 Å². The highest BCUT2D eigenvalue weighted by Crippen LogP contribution is 2.22. The summed E-state index contributed by atoms with van der Waals surface area (Å²) >= 11 is 0. The molecule has 18 heavy (non-hydrogen) atoms. The van der Waals surface area contributed by atoms with Crippen LogP contribution < -0.4 is 5.32 Å². The van der Waals surface area contributed by atoms with E-state index in [1.54, 1.807) is 12.1 Å². The van der Waals surface area contributed by atoms with Gasteiger partial charge in [0.15, 0.2) is 0 Å². The summed E-state index contributed by atoms with van der Waals surface area (Å²) in [6, 6.07) is 7.24. The summed E-state index contributed by atoms with van der Waals surface area (Å²) in [7, 11) is 0. The van der Waals surface area contributed by atoms with E-state index < -0.39 is 11.7 Å². The van der Waals surface area contributed by atoms with Crippen molar-refractivity contribution in [3.63, 3.8) is 0 Å². The van der Waals surface area contributed by atoms with Gasteiger partial charge in [0, 0.05) is 12.1 Å². The molecule has 0 bridgehead atoms. The van der Waals surface area contributed by atoms with E-state index in [9.17, 15) is 9.59 Å². The summed E-state index contributed by atoms with van der Waals surface area (Å²) in [4.78, 5) is 23.3. The predicted molar refractivity (Wildman–Crippen MR) is 72.8 cm³/mol. The van der Waals surface area contributed by atoms with Gasteiger partial charge in [0.25, 0.3) is 5.91 Å². The Hall–Kier alpha value is -1.64. The molecule has 0 aliphatic heterocycles. The molecule has 0 fully saturated rings. The molecular weight excluding hydrogens is 226 g/mol. The molecule has 0 radical (unpaired) electrons. The van der Waals surface area contributed by atoms with Crippen LogP contribution in [0.25, 0.3) is 0 Å². The maximum atomic E-state index is 11.8. The highest BCUT2D eigenvalue weighted by molar-refractivity contribution is 6.42. The Morgan fingerprint density at radius 3 is 2.11 bits per heavy atom. The molecular formula is C15H21NO2. The molecule has 0 aromatic heterocycles. The first kappa shape index (κ1) is 14.4. The van der Waals surface area contributed by atoms with Gasteiger partial charge in [0.1, 0.15) is 0 Å². The highest BCUT2D eigenvalue weighted by atomic mass is 16.2. The van der Waals surface area contributed by atoms with Gasteiger partial charge in [-0.15, -0.1) is 0 Å². The molecule has 0 aliphatic rings. The molecule has 98 valence electrons. The molecule has 0 saturated carbocycles. The third-order valence-corrected chi connectivity index (χ3v) is 2.75. The van der Waals surface area contributed by atoms with Gasteiger partial charge in [-0.1, -0.05) is 52.0 Å². The van der Waals surface area contributed by atoms with Crippen LogP contribution in [-0.4, -0.2) is 18.2 Å². The smallest absolute Gasteiger partial charge is 0.292 e. The van der Waals surface area contributed by atoms with Crippen molar-refractivity contribution in [1.29, 1.82) is 0 Å². The monoisotopic (exact) mass is 247 g/mol. The normalized spacial score (nSPS) is 11.1. The number of carbonyl (C=O) groups excluding carboxylic acids is 2. The Kier molecular flexibility index (Phi) is 4.65. The SMILES string of the molecule is CCCNC(=O)C(=O)c1ccc(C(C)(C)C)cc1. The minimum atomic E-state index is -0.527. The molecule has 0 saturated heterocycles. The minimum Gasteiger partial charge on any atom is -0.349 e. The van der Waals surface area contributed by atoms with E-state index in [2.05, 4.69) is 26.1 Å². The number of hydrogen-bond donors (Lipinski definition) is 1. The molecule has 0 aliphatic carbocycles. The molecule has 0 heterocycles. The van der Waals surface area contributed by atoms with Gasteiger partial charge in [-0.2, -0.15) is 0 Å². The Bertz CT molecular complexity index is 427. The number of rotatable bonds is 4. The first-order valence-corrected chi connectivity index (χ1v) is 6.29. The number of Topliss-reactive ketones (excluding diaryl/α,β-unsaturated/α-hetero) is 1. The van der Waals surface area contributed by atoms with Crippen molar-refractivity contribution in [2.24, 2.45) is 0 Å². The lowest BCUT2D eigenvalue weighted by molar-refractivity contribution is -0.116. The molecule has 3 heteroatoms. The summed E-state index contributed by atoms with van der Waals surface area (Å²) in [5.74, 6) is -0.996. The zero-order valence-electron chi connectivity index (χ0n) is 11.5. The van der Waals surface area contributed by atoms with Crippen LogP contribution >= 0.6 is 0 Å². The fourth-order valence-corrected chi connectivity index (χ4v) is 1.57. The van der Waals surface area contributed by atoms with E-state index in [0.29, 0.717) is 12.1 Å². The number of ketones is 1. The Morgan fingerprint density at radius 2 is 1.67 bits per heavy atom. The van der Waals surface area contributed by atoms with Crippen molar-refractivity contribution in [3.8, 4) is 0 Å². The van der Waals surface area contributed by atoms with Gasteiger partial charge in [0.2, 0.25) is 5.78 Å². The van der Waals surface area contributed by atoms with Crippen LogP contribution in [0.1, 0.15) is 50.0 Å². The van der Waals surface area contributed by atoms with Crippen molar-refractivity contribution in [1.82, 2.24) is 5.32 Å². The number of carbonyl (C=O) groups is 2. The average molecular weight is 247 g/mol. The van der Waals surface area contributed by atoms with Gasteiger partial charge in [-0.25, -0.2) is 0 Å². The van der Waals surface area contributed by atoms with Gasteiger partial charge in [-0.3, -0.25) is 9.59 Å². The third-order valence-electron chi connectivity index (χ3n) is 2.75. The Balaban J connectivity index is 2.79. The quantitative estimate of drug-likeness (QED) is 0.657. The van der Waals surface area contributed by atoms with E-state index in [1.807, 2.05) is 19.1 Å². The third kappa shape index (κ3) is 3.69. The Morgan fingerprint density at radius 1 is 1.11 bits per heavy atom. The maximum Gasteiger partial charge on any atom is 0.292 e. The second kappa shape index (κ2) is 5.80. The number of amides is 1. The van der Waals surface area contributed by atoms with Crippen LogP contribution in [0.15, 0.2) is 24.3 Å². The first-order valence-electron chi connectivity index (χ1n) is 6.29. The maximum absolute atomic E-state index is 11.8. The van der Waals surface area contributed by atoms with Gasteiger partial charge in [-0.05, 0) is 17.4 Å². The minimum absolute atomic E-state index is 0.0477. The second-order valence-electron chi connectivity index (χ2n) is 5.41. The number of nitrogens with one attached hydrogen (secondary N) is 1. The zero-order valence-corrected chi connectivity index (χ0v) is 11.5. The standard InChI is InChI=1S/C15H21NO2/c1-5-10-16-14(18)13(17)11-6-8-12(9-7-11)15(2,3)4/h6-9H,5,10H2,1-4H3,(H,16,18). The number of hydrogen-bond acceptors (Lipinski definition) is 2. The second-order valence-corrected chi connectivity index (χ2v) is 5.41. The van der Waals surface area contributed by atoms with Gasteiger partial charge in [0.05, 0.1) is 0 Å². The van der Waals surface area contributed by atoms with E-state index >= 15 is 0 Å². The molecule has 1 N–H and O–H groups in total. The molecule has 1 rings (SSSR count). The van der Waals surface area contributed by atoms with Gasteiger partial charge >= 0.3 is 0 Å². The van der Waals surface area contributed by atoms with Gasteiger partial charge < -0.3 is 5.32 Å². The van der Waals surface area contributed by atoms with Crippen molar-refractivity contribution < 1.29 is 9.59 Å². The topological polar surface area (TPSA) is 46.2 Å². The van der Waals surface area contributed by atoms with E-state index in [-0.39, 0.29) is 5.41 Å². The fraction of sp³-hybridized carbons (Fsp3) is 0.467. The lowest BCUT2D eigenvalue weighted by Gasteiger charge is -2.18. The summed E-state index contributed by atoms with van der Waals surface area (Å²) in [6.07, 6.45) is 0.821. The van der Waals surface area contributed by atoms with Crippen molar-refractivity contribution in [2.45, 2.75) is 39.5 Å². The lowest BCUT2D eigenvalue weighted by Crippen LogP contribution is -2.31. The molecule has 0 unspecified atom stereocenters. The molecule has 1 amide bonds. The summed E-state index contributed by atoms with van der Waals surface area (Å²) in [5, 5.41) is 2.59.